The second-order valence-corrected chi connectivity index (χ2v) is 12.1. The van der Waals surface area contributed by atoms with Gasteiger partial charge >= 0.3 is 0 Å². The monoisotopic (exact) mass is 770 g/mol. The Hall–Kier alpha value is -4.47. The van der Waals surface area contributed by atoms with Gasteiger partial charge in [-0.2, -0.15) is 0 Å². The van der Waals surface area contributed by atoms with Crippen LogP contribution in [0.25, 0.3) is 33.3 Å². The van der Waals surface area contributed by atoms with Crippen molar-refractivity contribution < 1.29 is 26.2 Å². The summed E-state index contributed by atoms with van der Waals surface area (Å²) in [6, 6.07) is 32.8. The van der Waals surface area contributed by atoms with Crippen molar-refractivity contribution in [1.82, 2.24) is 9.97 Å². The third kappa shape index (κ3) is 5.10. The van der Waals surface area contributed by atoms with Gasteiger partial charge in [-0.1, -0.05) is 61.9 Å². The first-order valence-corrected chi connectivity index (χ1v) is 15.1. The average molecular weight is 771 g/mol. The zero-order valence-electron chi connectivity index (χ0n) is 26.3. The van der Waals surface area contributed by atoms with E-state index >= 15 is 0 Å². The molecule has 1 aliphatic heterocycles. The molecule has 0 saturated heterocycles. The molecule has 228 valence electrons. The van der Waals surface area contributed by atoms with Crippen molar-refractivity contribution in [2.45, 2.75) is 40.5 Å². The van der Waals surface area contributed by atoms with E-state index in [1.165, 1.54) is 11.1 Å². The molecule has 7 rings (SSSR count). The molecule has 0 radical (unpaired) electrons. The van der Waals surface area contributed by atoms with Crippen molar-refractivity contribution in [1.29, 1.82) is 0 Å². The Morgan fingerprint density at radius 1 is 0.800 bits per heavy atom. The van der Waals surface area contributed by atoms with Crippen LogP contribution < -0.4 is 9.80 Å². The molecule has 0 unspecified atom stereocenters. The Labute approximate surface area is 279 Å². The van der Waals surface area contributed by atoms with Crippen LogP contribution in [0.2, 0.25) is 0 Å². The standard InChI is InChI=1S/C39H35N4O.Pt/c1-23(2)29-22-30(37-25(4)19-24(3)20-26(37)5)39(44)38-28(29)15-16-31(41-38)27-14-17-33-35(21-27)43(36-13-9-10-18-40-36)34-12-8-7-11-32(34)42(33)6;/h7-20,22-23,44H,1-6H3;/q-1;. The van der Waals surface area contributed by atoms with E-state index < -0.39 is 0 Å². The molecule has 5 nitrogen and oxygen atoms in total. The van der Waals surface area contributed by atoms with Gasteiger partial charge in [-0.05, 0) is 96.3 Å². The van der Waals surface area contributed by atoms with Crippen molar-refractivity contribution in [2.24, 2.45) is 0 Å². The molecule has 45 heavy (non-hydrogen) atoms. The molecule has 0 spiro atoms. The number of anilines is 5. The fraction of sp³-hybridized carbons (Fsp3) is 0.179. The third-order valence-corrected chi connectivity index (χ3v) is 8.68. The quantitative estimate of drug-likeness (QED) is 0.181. The number of aromatic hydroxyl groups is 1. The Kier molecular flexibility index (Phi) is 8.01. The molecule has 0 saturated carbocycles. The molecule has 6 aromatic rings. The fourth-order valence-corrected chi connectivity index (χ4v) is 6.70. The number of aromatic nitrogens is 2. The van der Waals surface area contributed by atoms with E-state index in [9.17, 15) is 5.11 Å². The summed E-state index contributed by atoms with van der Waals surface area (Å²) < 4.78 is 0. The zero-order valence-corrected chi connectivity index (χ0v) is 28.6. The minimum atomic E-state index is 0. The van der Waals surface area contributed by atoms with Crippen LogP contribution in [0, 0.1) is 26.8 Å². The predicted molar refractivity (Wildman–Crippen MR) is 182 cm³/mol. The maximum Gasteiger partial charge on any atom is 0.148 e. The first kappa shape index (κ1) is 30.6. The number of pyridine rings is 2. The number of phenolic OH excluding ortho intramolecular Hbond substituents is 1. The first-order chi connectivity index (χ1) is 21.2. The van der Waals surface area contributed by atoms with Gasteiger partial charge in [-0.3, -0.25) is 4.98 Å². The number of hydrogen-bond acceptors (Lipinski definition) is 5. The second-order valence-electron chi connectivity index (χ2n) is 12.1. The molecule has 0 amide bonds. The number of fused-ring (bicyclic) bond motifs is 3. The smallest absolute Gasteiger partial charge is 0.148 e. The van der Waals surface area contributed by atoms with Gasteiger partial charge in [-0.25, -0.2) is 4.98 Å². The minimum absolute atomic E-state index is 0. The molecule has 0 fully saturated rings. The molecule has 2 aromatic heterocycles. The van der Waals surface area contributed by atoms with Crippen LogP contribution in [0.1, 0.15) is 42.0 Å². The molecule has 0 aliphatic carbocycles. The Balaban J connectivity index is 0.00000357. The van der Waals surface area contributed by atoms with Crippen molar-refractivity contribution >= 4 is 39.5 Å². The summed E-state index contributed by atoms with van der Waals surface area (Å²) in [4.78, 5) is 14.2. The molecule has 0 atom stereocenters. The van der Waals surface area contributed by atoms with E-state index in [1.54, 1.807) is 0 Å². The van der Waals surface area contributed by atoms with Crippen LogP contribution in [-0.2, 0) is 21.1 Å². The number of rotatable bonds is 4. The van der Waals surface area contributed by atoms with E-state index in [4.69, 9.17) is 9.97 Å². The molecule has 3 heterocycles. The summed E-state index contributed by atoms with van der Waals surface area (Å²) in [7, 11) is 2.08. The number of para-hydroxylation sites is 2. The molecular formula is C39H35N4OPt-. The van der Waals surface area contributed by atoms with Crippen molar-refractivity contribution in [3.63, 3.8) is 0 Å². The average Bonchev–Trinajstić information content (AvgIpc) is 3.02. The van der Waals surface area contributed by atoms with Crippen LogP contribution in [0.5, 0.6) is 5.75 Å². The third-order valence-electron chi connectivity index (χ3n) is 8.68. The fourth-order valence-electron chi connectivity index (χ4n) is 6.70. The molecule has 0 bridgehead atoms. The Bertz CT molecular complexity index is 2050. The van der Waals surface area contributed by atoms with E-state index in [-0.39, 0.29) is 32.7 Å². The van der Waals surface area contributed by atoms with Crippen LogP contribution in [-0.4, -0.2) is 22.1 Å². The van der Waals surface area contributed by atoms with Crippen LogP contribution in [0.3, 0.4) is 0 Å². The minimum Gasteiger partial charge on any atom is -0.505 e. The second kappa shape index (κ2) is 11.8. The Morgan fingerprint density at radius 2 is 1.51 bits per heavy atom. The SMILES string of the molecule is Cc1cc(C)c(-c2cc(C(C)C)c3ccc(-c4[c-]c5c(cc4)N(C)c4ccccc4N5c4ccccn4)nc3c2O)c(C)c1.[Pt]. The van der Waals surface area contributed by atoms with Gasteiger partial charge in [0.05, 0.1) is 11.4 Å². The van der Waals surface area contributed by atoms with Gasteiger partial charge in [0.15, 0.2) is 0 Å². The topological polar surface area (TPSA) is 52.5 Å². The van der Waals surface area contributed by atoms with Crippen LogP contribution in [0.4, 0.5) is 28.6 Å². The summed E-state index contributed by atoms with van der Waals surface area (Å²) >= 11 is 0. The normalized spacial score (nSPS) is 12.2. The number of benzene rings is 4. The van der Waals surface area contributed by atoms with Crippen LogP contribution in [0.15, 0.2) is 91.1 Å². The maximum absolute atomic E-state index is 11.8. The van der Waals surface area contributed by atoms with E-state index in [2.05, 4.69) is 112 Å². The number of aryl methyl sites for hydroxylation is 3. The number of hydrogen-bond donors (Lipinski definition) is 1. The van der Waals surface area contributed by atoms with Gasteiger partial charge < -0.3 is 14.9 Å². The van der Waals surface area contributed by atoms with E-state index in [0.29, 0.717) is 5.52 Å². The summed E-state index contributed by atoms with van der Waals surface area (Å²) in [6.07, 6.45) is 1.81. The van der Waals surface area contributed by atoms with E-state index in [0.717, 1.165) is 67.5 Å². The number of phenols is 1. The molecule has 1 aliphatic rings. The van der Waals surface area contributed by atoms with Gasteiger partial charge in [0, 0.05) is 45.3 Å². The first-order valence-electron chi connectivity index (χ1n) is 15.1. The largest absolute Gasteiger partial charge is 0.505 e. The molecule has 1 N–H and O–H groups in total. The molecule has 4 aromatic carbocycles. The Morgan fingerprint density at radius 3 is 2.20 bits per heavy atom. The maximum atomic E-state index is 11.8. The van der Waals surface area contributed by atoms with Gasteiger partial charge in [-0.15, -0.1) is 23.8 Å². The summed E-state index contributed by atoms with van der Waals surface area (Å²) in [6.45, 7) is 10.7. The van der Waals surface area contributed by atoms with Crippen molar-refractivity contribution in [3.05, 3.63) is 119 Å². The molecular weight excluding hydrogens is 736 g/mol. The van der Waals surface area contributed by atoms with Gasteiger partial charge in [0.1, 0.15) is 17.1 Å². The summed E-state index contributed by atoms with van der Waals surface area (Å²) in [5.74, 6) is 1.29. The summed E-state index contributed by atoms with van der Waals surface area (Å²) in [5.41, 5.74) is 12.8. The van der Waals surface area contributed by atoms with Gasteiger partial charge in [0.25, 0.3) is 0 Å². The van der Waals surface area contributed by atoms with Gasteiger partial charge in [0.2, 0.25) is 0 Å². The van der Waals surface area contributed by atoms with E-state index in [1.807, 2.05) is 36.5 Å². The van der Waals surface area contributed by atoms with Crippen LogP contribution >= 0.6 is 0 Å². The number of nitrogens with zero attached hydrogens (tertiary/aromatic N) is 4. The zero-order chi connectivity index (χ0) is 30.7. The van der Waals surface area contributed by atoms with Crippen molar-refractivity contribution in [3.8, 4) is 28.1 Å². The van der Waals surface area contributed by atoms with Crippen molar-refractivity contribution in [2.75, 3.05) is 16.8 Å². The molecule has 6 heteroatoms. The summed E-state index contributed by atoms with van der Waals surface area (Å²) in [5, 5.41) is 12.8. The predicted octanol–water partition coefficient (Wildman–Crippen LogP) is 10.1.